The van der Waals surface area contributed by atoms with E-state index in [9.17, 15) is 5.11 Å². The van der Waals surface area contributed by atoms with Crippen molar-refractivity contribution in [2.45, 2.75) is 9.94 Å². The SMILES string of the molecule is CSc1ncc(C2(O)COC2)s1. The van der Waals surface area contributed by atoms with Crippen LogP contribution >= 0.6 is 23.1 Å². The molecule has 0 spiro atoms. The summed E-state index contributed by atoms with van der Waals surface area (Å²) in [6.45, 7) is 0.812. The van der Waals surface area contributed by atoms with Crippen LogP contribution in [0.5, 0.6) is 0 Å². The monoisotopic (exact) mass is 203 g/mol. The summed E-state index contributed by atoms with van der Waals surface area (Å²) in [5, 5.41) is 9.83. The third kappa shape index (κ3) is 1.26. The molecule has 0 unspecified atom stereocenters. The highest BCUT2D eigenvalue weighted by molar-refractivity contribution is 8.00. The molecule has 0 saturated carbocycles. The molecular formula is C7H9NO2S2. The van der Waals surface area contributed by atoms with E-state index in [1.165, 1.54) is 11.3 Å². The number of ether oxygens (including phenoxy) is 1. The lowest BCUT2D eigenvalue weighted by molar-refractivity contribution is -0.182. The summed E-state index contributed by atoms with van der Waals surface area (Å²) in [4.78, 5) is 5.06. The van der Waals surface area contributed by atoms with E-state index in [4.69, 9.17) is 4.74 Å². The Labute approximate surface area is 78.8 Å². The second kappa shape index (κ2) is 2.99. The first-order valence-electron chi connectivity index (χ1n) is 3.55. The van der Waals surface area contributed by atoms with Crippen LogP contribution < -0.4 is 0 Å². The normalized spacial score (nSPS) is 20.5. The molecule has 0 bridgehead atoms. The van der Waals surface area contributed by atoms with Crippen LogP contribution in [0.2, 0.25) is 0 Å². The minimum Gasteiger partial charge on any atom is -0.379 e. The number of aliphatic hydroxyl groups is 1. The van der Waals surface area contributed by atoms with Gasteiger partial charge in [0.25, 0.3) is 0 Å². The highest BCUT2D eigenvalue weighted by atomic mass is 32.2. The number of aromatic nitrogens is 1. The molecule has 2 heterocycles. The van der Waals surface area contributed by atoms with Crippen molar-refractivity contribution in [1.29, 1.82) is 0 Å². The van der Waals surface area contributed by atoms with E-state index in [0.717, 1.165) is 9.22 Å². The van der Waals surface area contributed by atoms with Gasteiger partial charge in [0.15, 0.2) is 0 Å². The zero-order chi connectivity index (χ0) is 8.60. The largest absolute Gasteiger partial charge is 0.379 e. The molecule has 5 heteroatoms. The maximum Gasteiger partial charge on any atom is 0.149 e. The van der Waals surface area contributed by atoms with Gasteiger partial charge < -0.3 is 9.84 Å². The van der Waals surface area contributed by atoms with Crippen molar-refractivity contribution in [1.82, 2.24) is 4.98 Å². The zero-order valence-electron chi connectivity index (χ0n) is 6.61. The van der Waals surface area contributed by atoms with E-state index in [1.807, 2.05) is 6.26 Å². The van der Waals surface area contributed by atoms with Crippen molar-refractivity contribution in [2.24, 2.45) is 0 Å². The Hall–Kier alpha value is -0.100. The average molecular weight is 203 g/mol. The maximum absolute atomic E-state index is 9.83. The highest BCUT2D eigenvalue weighted by Gasteiger charge is 2.39. The van der Waals surface area contributed by atoms with E-state index in [0.29, 0.717) is 13.2 Å². The molecule has 1 fully saturated rings. The summed E-state index contributed by atoms with van der Waals surface area (Å²) in [5.74, 6) is 0. The van der Waals surface area contributed by atoms with Gasteiger partial charge in [0.05, 0.1) is 18.1 Å². The lowest BCUT2D eigenvalue weighted by Gasteiger charge is -2.34. The Balaban J connectivity index is 2.22. The quantitative estimate of drug-likeness (QED) is 0.730. The van der Waals surface area contributed by atoms with Crippen molar-refractivity contribution in [3.63, 3.8) is 0 Å². The van der Waals surface area contributed by atoms with Gasteiger partial charge in [0.1, 0.15) is 9.94 Å². The Kier molecular flexibility index (Phi) is 2.12. The second-order valence-electron chi connectivity index (χ2n) is 2.72. The number of rotatable bonds is 2. The Morgan fingerprint density at radius 2 is 2.50 bits per heavy atom. The summed E-state index contributed by atoms with van der Waals surface area (Å²) in [6.07, 6.45) is 3.71. The fourth-order valence-corrected chi connectivity index (χ4v) is 2.47. The van der Waals surface area contributed by atoms with Crippen LogP contribution in [-0.2, 0) is 10.3 Å². The lowest BCUT2D eigenvalue weighted by Crippen LogP contribution is -2.45. The molecule has 1 aromatic heterocycles. The average Bonchev–Trinajstić information content (AvgIpc) is 2.48. The fourth-order valence-electron chi connectivity index (χ4n) is 1.01. The van der Waals surface area contributed by atoms with E-state index >= 15 is 0 Å². The molecule has 0 radical (unpaired) electrons. The molecule has 0 aliphatic carbocycles. The van der Waals surface area contributed by atoms with Crippen molar-refractivity contribution in [2.75, 3.05) is 19.5 Å². The smallest absolute Gasteiger partial charge is 0.149 e. The minimum absolute atomic E-state index is 0.406. The summed E-state index contributed by atoms with van der Waals surface area (Å²) >= 11 is 3.13. The predicted molar refractivity (Wildman–Crippen MR) is 48.6 cm³/mol. The summed E-state index contributed by atoms with van der Waals surface area (Å²) in [5.41, 5.74) is -0.744. The van der Waals surface area contributed by atoms with Crippen LogP contribution in [0.25, 0.3) is 0 Å². The van der Waals surface area contributed by atoms with Crippen molar-refractivity contribution in [3.05, 3.63) is 11.1 Å². The molecule has 66 valence electrons. The van der Waals surface area contributed by atoms with Crippen molar-refractivity contribution < 1.29 is 9.84 Å². The van der Waals surface area contributed by atoms with Crippen molar-refractivity contribution >= 4 is 23.1 Å². The van der Waals surface area contributed by atoms with Gasteiger partial charge in [-0.15, -0.1) is 11.3 Å². The van der Waals surface area contributed by atoms with Crippen LogP contribution in [0.4, 0.5) is 0 Å². The topological polar surface area (TPSA) is 42.4 Å². The first-order valence-corrected chi connectivity index (χ1v) is 5.59. The van der Waals surface area contributed by atoms with Gasteiger partial charge >= 0.3 is 0 Å². The van der Waals surface area contributed by atoms with Gasteiger partial charge in [-0.1, -0.05) is 11.8 Å². The van der Waals surface area contributed by atoms with Gasteiger partial charge in [-0.3, -0.25) is 0 Å². The third-order valence-corrected chi connectivity index (χ3v) is 3.99. The van der Waals surface area contributed by atoms with Crippen LogP contribution in [0.3, 0.4) is 0 Å². The number of thiazole rings is 1. The van der Waals surface area contributed by atoms with Gasteiger partial charge in [0, 0.05) is 6.20 Å². The Bertz CT molecular complexity index is 283. The number of hydrogen-bond donors (Lipinski definition) is 1. The van der Waals surface area contributed by atoms with Crippen LogP contribution in [-0.4, -0.2) is 29.6 Å². The molecule has 1 aliphatic heterocycles. The van der Waals surface area contributed by atoms with Crippen LogP contribution in [0.1, 0.15) is 4.88 Å². The zero-order valence-corrected chi connectivity index (χ0v) is 8.24. The molecular weight excluding hydrogens is 194 g/mol. The Morgan fingerprint density at radius 1 is 1.75 bits per heavy atom. The van der Waals surface area contributed by atoms with Crippen LogP contribution in [0.15, 0.2) is 10.5 Å². The Morgan fingerprint density at radius 3 is 2.92 bits per heavy atom. The molecule has 1 saturated heterocycles. The van der Waals surface area contributed by atoms with E-state index < -0.39 is 5.60 Å². The van der Waals surface area contributed by atoms with E-state index in [2.05, 4.69) is 4.98 Å². The molecule has 1 aromatic rings. The predicted octanol–water partition coefficient (Wildman–Crippen LogP) is 1.08. The van der Waals surface area contributed by atoms with Crippen molar-refractivity contribution in [3.8, 4) is 0 Å². The molecule has 0 aromatic carbocycles. The molecule has 3 nitrogen and oxygen atoms in total. The second-order valence-corrected chi connectivity index (χ2v) is 4.80. The molecule has 1 aliphatic rings. The maximum atomic E-state index is 9.83. The van der Waals surface area contributed by atoms with E-state index in [-0.39, 0.29) is 0 Å². The third-order valence-electron chi connectivity index (χ3n) is 1.80. The fraction of sp³-hybridized carbons (Fsp3) is 0.571. The number of hydrogen-bond acceptors (Lipinski definition) is 5. The summed E-state index contributed by atoms with van der Waals surface area (Å²) in [6, 6.07) is 0. The lowest BCUT2D eigenvalue weighted by atomic mass is 10.0. The van der Waals surface area contributed by atoms with Crippen LogP contribution in [0, 0.1) is 0 Å². The highest BCUT2D eigenvalue weighted by Crippen LogP contribution is 2.35. The van der Waals surface area contributed by atoms with Gasteiger partial charge in [-0.25, -0.2) is 4.98 Å². The molecule has 2 rings (SSSR count). The first-order chi connectivity index (χ1) is 5.74. The van der Waals surface area contributed by atoms with E-state index in [1.54, 1.807) is 18.0 Å². The number of thioether (sulfide) groups is 1. The molecule has 0 amide bonds. The van der Waals surface area contributed by atoms with Gasteiger partial charge in [0.2, 0.25) is 0 Å². The van der Waals surface area contributed by atoms with Gasteiger partial charge in [-0.2, -0.15) is 0 Å². The summed E-state index contributed by atoms with van der Waals surface area (Å²) in [7, 11) is 0. The number of nitrogens with zero attached hydrogens (tertiary/aromatic N) is 1. The molecule has 0 atom stereocenters. The molecule has 12 heavy (non-hydrogen) atoms. The molecule has 1 N–H and O–H groups in total. The van der Waals surface area contributed by atoms with Gasteiger partial charge in [-0.05, 0) is 6.26 Å². The standard InChI is InChI=1S/C7H9NO2S2/c1-11-6-8-2-5(12-6)7(9)3-10-4-7/h2,9H,3-4H2,1H3. The minimum atomic E-state index is -0.744. The first kappa shape index (κ1) is 8.50. The summed E-state index contributed by atoms with van der Waals surface area (Å²) < 4.78 is 5.95.